The van der Waals surface area contributed by atoms with E-state index in [1.54, 1.807) is 0 Å². The standard InChI is InChI=1S/C14H19IN4O2/c1-9(2)7-21-11(20)4-3-5-19-6-10(15)12-13(16)17-8-18-14(12)19/h6,8-9H,3-5,7H2,1-2H3,(H2,16,17,18). The van der Waals surface area contributed by atoms with Crippen molar-refractivity contribution in [2.24, 2.45) is 5.92 Å². The van der Waals surface area contributed by atoms with Crippen LogP contribution in [0, 0.1) is 9.49 Å². The highest BCUT2D eigenvalue weighted by Gasteiger charge is 2.12. The van der Waals surface area contributed by atoms with E-state index in [1.807, 2.05) is 24.6 Å². The molecule has 2 aromatic heterocycles. The average Bonchev–Trinajstić information content (AvgIpc) is 2.75. The minimum Gasteiger partial charge on any atom is -0.465 e. The van der Waals surface area contributed by atoms with Gasteiger partial charge >= 0.3 is 5.97 Å². The normalized spacial score (nSPS) is 11.2. The van der Waals surface area contributed by atoms with Gasteiger partial charge in [0.25, 0.3) is 0 Å². The number of esters is 1. The number of carbonyl (C=O) groups is 1. The molecule has 0 atom stereocenters. The van der Waals surface area contributed by atoms with Crippen LogP contribution in [0.15, 0.2) is 12.5 Å². The Bertz CT molecular complexity index is 639. The number of nitrogens with two attached hydrogens (primary N) is 1. The van der Waals surface area contributed by atoms with Crippen molar-refractivity contribution in [3.05, 3.63) is 16.1 Å². The summed E-state index contributed by atoms with van der Waals surface area (Å²) in [5.41, 5.74) is 6.68. The molecule has 114 valence electrons. The molecule has 2 N–H and O–H groups in total. The molecule has 6 nitrogen and oxygen atoms in total. The fourth-order valence-electron chi connectivity index (χ4n) is 1.99. The summed E-state index contributed by atoms with van der Waals surface area (Å²) in [7, 11) is 0. The van der Waals surface area contributed by atoms with Gasteiger partial charge in [-0.2, -0.15) is 0 Å². The predicted octanol–water partition coefficient (Wildman–Crippen LogP) is 2.60. The van der Waals surface area contributed by atoms with Crippen molar-refractivity contribution < 1.29 is 9.53 Å². The molecule has 0 radical (unpaired) electrons. The van der Waals surface area contributed by atoms with Crippen molar-refractivity contribution in [1.82, 2.24) is 14.5 Å². The molecule has 7 heteroatoms. The zero-order valence-corrected chi connectivity index (χ0v) is 14.3. The summed E-state index contributed by atoms with van der Waals surface area (Å²) in [5.74, 6) is 0.701. The molecule has 0 bridgehead atoms. The summed E-state index contributed by atoms with van der Waals surface area (Å²) in [5, 5.41) is 0.875. The molecule has 21 heavy (non-hydrogen) atoms. The van der Waals surface area contributed by atoms with Crippen LogP contribution in [0.5, 0.6) is 0 Å². The number of anilines is 1. The van der Waals surface area contributed by atoms with E-state index >= 15 is 0 Å². The third-order valence-corrected chi connectivity index (χ3v) is 3.81. The van der Waals surface area contributed by atoms with Crippen LogP contribution < -0.4 is 5.73 Å². The number of halogens is 1. The fourth-order valence-corrected chi connectivity index (χ4v) is 2.85. The number of aryl methyl sites for hydroxylation is 1. The fraction of sp³-hybridized carbons (Fsp3) is 0.500. The molecule has 2 aromatic rings. The molecule has 0 fully saturated rings. The molecule has 0 saturated carbocycles. The van der Waals surface area contributed by atoms with E-state index in [-0.39, 0.29) is 5.97 Å². The summed E-state index contributed by atoms with van der Waals surface area (Å²) < 4.78 is 8.18. The Kier molecular flexibility index (Phi) is 5.38. The van der Waals surface area contributed by atoms with E-state index in [0.717, 1.165) is 14.6 Å². The number of nitrogen functional groups attached to an aromatic ring is 1. The highest BCUT2D eigenvalue weighted by molar-refractivity contribution is 14.1. The topological polar surface area (TPSA) is 83.0 Å². The van der Waals surface area contributed by atoms with Crippen LogP contribution >= 0.6 is 22.6 Å². The Hall–Kier alpha value is -1.38. The lowest BCUT2D eigenvalue weighted by Crippen LogP contribution is -2.10. The summed E-state index contributed by atoms with van der Waals surface area (Å²) in [4.78, 5) is 19.9. The molecule has 0 unspecified atom stereocenters. The molecular weight excluding hydrogens is 383 g/mol. The quantitative estimate of drug-likeness (QED) is 0.593. The second-order valence-electron chi connectivity index (χ2n) is 5.31. The Balaban J connectivity index is 1.95. The second kappa shape index (κ2) is 7.06. The Morgan fingerprint density at radius 3 is 2.95 bits per heavy atom. The van der Waals surface area contributed by atoms with Crippen LogP contribution in [0.2, 0.25) is 0 Å². The maximum Gasteiger partial charge on any atom is 0.305 e. The minimum atomic E-state index is -0.149. The highest BCUT2D eigenvalue weighted by Crippen LogP contribution is 2.25. The zero-order chi connectivity index (χ0) is 15.4. The van der Waals surface area contributed by atoms with Gasteiger partial charge in [0.15, 0.2) is 0 Å². The summed E-state index contributed by atoms with van der Waals surface area (Å²) in [6.45, 7) is 5.22. The van der Waals surface area contributed by atoms with Crippen molar-refractivity contribution in [1.29, 1.82) is 0 Å². The van der Waals surface area contributed by atoms with Crippen molar-refractivity contribution in [3.63, 3.8) is 0 Å². The average molecular weight is 402 g/mol. The molecule has 2 rings (SSSR count). The van der Waals surface area contributed by atoms with Gasteiger partial charge in [-0.25, -0.2) is 9.97 Å². The van der Waals surface area contributed by atoms with Gasteiger partial charge in [-0.15, -0.1) is 0 Å². The first kappa shape index (κ1) is 16.0. The molecule has 0 aliphatic carbocycles. The third kappa shape index (κ3) is 4.05. The van der Waals surface area contributed by atoms with Gasteiger partial charge in [0.05, 0.1) is 12.0 Å². The van der Waals surface area contributed by atoms with E-state index in [9.17, 15) is 4.79 Å². The SMILES string of the molecule is CC(C)COC(=O)CCCn1cc(I)c2c(N)ncnc21. The molecular formula is C14H19IN4O2. The van der Waals surface area contributed by atoms with Crippen LogP contribution in [0.1, 0.15) is 26.7 Å². The predicted molar refractivity (Wildman–Crippen MR) is 89.7 cm³/mol. The number of hydrogen-bond acceptors (Lipinski definition) is 5. The Morgan fingerprint density at radius 1 is 1.48 bits per heavy atom. The van der Waals surface area contributed by atoms with E-state index < -0.39 is 0 Å². The lowest BCUT2D eigenvalue weighted by Gasteiger charge is -2.07. The zero-order valence-electron chi connectivity index (χ0n) is 12.2. The molecule has 0 aromatic carbocycles. The first-order chi connectivity index (χ1) is 9.99. The van der Waals surface area contributed by atoms with E-state index in [0.29, 0.717) is 37.7 Å². The van der Waals surface area contributed by atoms with Gasteiger partial charge in [-0.1, -0.05) is 13.8 Å². The van der Waals surface area contributed by atoms with E-state index in [4.69, 9.17) is 10.5 Å². The van der Waals surface area contributed by atoms with Gasteiger partial charge in [0.2, 0.25) is 0 Å². The number of hydrogen-bond donors (Lipinski definition) is 1. The molecule has 0 aliphatic rings. The summed E-state index contributed by atoms with van der Waals surface area (Å²) >= 11 is 2.22. The molecule has 0 aliphatic heterocycles. The van der Waals surface area contributed by atoms with E-state index in [1.165, 1.54) is 6.33 Å². The van der Waals surface area contributed by atoms with Crippen LogP contribution in [-0.4, -0.2) is 27.1 Å². The van der Waals surface area contributed by atoms with E-state index in [2.05, 4.69) is 32.6 Å². The third-order valence-electron chi connectivity index (χ3n) is 2.99. The number of ether oxygens (including phenoxy) is 1. The molecule has 2 heterocycles. The van der Waals surface area contributed by atoms with Crippen molar-refractivity contribution >= 4 is 45.4 Å². The smallest absolute Gasteiger partial charge is 0.305 e. The maximum atomic E-state index is 11.6. The first-order valence-corrected chi connectivity index (χ1v) is 7.97. The van der Waals surface area contributed by atoms with Gasteiger partial charge in [-0.05, 0) is 34.9 Å². The van der Waals surface area contributed by atoms with Gasteiger partial charge in [0.1, 0.15) is 17.8 Å². The monoisotopic (exact) mass is 402 g/mol. The lowest BCUT2D eigenvalue weighted by atomic mass is 10.2. The molecule has 0 saturated heterocycles. The first-order valence-electron chi connectivity index (χ1n) is 6.89. The van der Waals surface area contributed by atoms with Crippen molar-refractivity contribution in [2.45, 2.75) is 33.2 Å². The van der Waals surface area contributed by atoms with Gasteiger partial charge in [-0.3, -0.25) is 4.79 Å². The number of aromatic nitrogens is 3. The minimum absolute atomic E-state index is 0.149. The maximum absolute atomic E-state index is 11.6. The molecule has 0 amide bonds. The molecule has 0 spiro atoms. The number of nitrogens with zero attached hydrogens (tertiary/aromatic N) is 3. The summed E-state index contributed by atoms with van der Waals surface area (Å²) in [6, 6.07) is 0. The van der Waals surface area contributed by atoms with Gasteiger partial charge < -0.3 is 15.0 Å². The number of fused-ring (bicyclic) bond motifs is 1. The Morgan fingerprint density at radius 2 is 2.24 bits per heavy atom. The van der Waals surface area contributed by atoms with Crippen molar-refractivity contribution in [3.8, 4) is 0 Å². The second-order valence-corrected chi connectivity index (χ2v) is 6.47. The van der Waals surface area contributed by atoms with Gasteiger partial charge in [0, 0.05) is 22.7 Å². The van der Waals surface area contributed by atoms with Crippen molar-refractivity contribution in [2.75, 3.05) is 12.3 Å². The largest absolute Gasteiger partial charge is 0.465 e. The number of rotatable bonds is 6. The Labute approximate surface area is 137 Å². The van der Waals surface area contributed by atoms with Crippen LogP contribution in [-0.2, 0) is 16.1 Å². The number of carbonyl (C=O) groups excluding carboxylic acids is 1. The van der Waals surface area contributed by atoms with Crippen LogP contribution in [0.3, 0.4) is 0 Å². The highest BCUT2D eigenvalue weighted by atomic mass is 127. The van der Waals surface area contributed by atoms with Crippen LogP contribution in [0.25, 0.3) is 11.0 Å². The lowest BCUT2D eigenvalue weighted by molar-refractivity contribution is -0.144. The summed E-state index contributed by atoms with van der Waals surface area (Å²) in [6.07, 6.45) is 4.56. The van der Waals surface area contributed by atoms with Crippen LogP contribution in [0.4, 0.5) is 5.82 Å².